The summed E-state index contributed by atoms with van der Waals surface area (Å²) in [6.07, 6.45) is 1.69. The zero-order chi connectivity index (χ0) is 26.3. The molecule has 1 fully saturated rings. The fourth-order valence-corrected chi connectivity index (χ4v) is 5.24. The van der Waals surface area contributed by atoms with Crippen molar-refractivity contribution in [2.24, 2.45) is 0 Å². The molecule has 9 heteroatoms. The molecule has 0 spiro atoms. The molecular weight excluding hydrogens is 478 g/mol. The Hall–Kier alpha value is -3.40. The van der Waals surface area contributed by atoms with E-state index in [2.05, 4.69) is 74.5 Å². The van der Waals surface area contributed by atoms with Crippen molar-refractivity contribution in [1.29, 1.82) is 0 Å². The van der Waals surface area contributed by atoms with E-state index in [9.17, 15) is 4.79 Å². The third kappa shape index (κ3) is 6.35. The number of rotatable bonds is 11. The lowest BCUT2D eigenvalue weighted by Crippen LogP contribution is -2.43. The monoisotopic (exact) mass is 515 g/mol. The molecule has 4 aromatic rings. The predicted octanol–water partition coefficient (Wildman–Crippen LogP) is 3.35. The van der Waals surface area contributed by atoms with Gasteiger partial charge < -0.3 is 9.72 Å². The minimum absolute atomic E-state index is 0.0191. The largest absolute Gasteiger partial charge is 0.379 e. The van der Waals surface area contributed by atoms with Crippen LogP contribution in [0.3, 0.4) is 0 Å². The number of aromatic amines is 1. The first-order valence-electron chi connectivity index (χ1n) is 13.6. The smallest absolute Gasteiger partial charge is 0.252 e. The number of aromatic nitrogens is 5. The van der Waals surface area contributed by atoms with Crippen molar-refractivity contribution in [2.75, 3.05) is 39.4 Å². The second-order valence-corrected chi connectivity index (χ2v) is 10.1. The molecule has 1 aliphatic heterocycles. The van der Waals surface area contributed by atoms with Gasteiger partial charge in [-0.3, -0.25) is 14.6 Å². The number of hydrogen-bond acceptors (Lipinski definition) is 7. The first-order chi connectivity index (χ1) is 18.6. The second kappa shape index (κ2) is 12.4. The van der Waals surface area contributed by atoms with E-state index in [-0.39, 0.29) is 11.6 Å². The van der Waals surface area contributed by atoms with E-state index in [1.807, 2.05) is 28.9 Å². The van der Waals surface area contributed by atoms with E-state index in [1.165, 1.54) is 11.1 Å². The van der Waals surface area contributed by atoms with Crippen LogP contribution in [0.25, 0.3) is 10.9 Å². The van der Waals surface area contributed by atoms with Gasteiger partial charge in [0.2, 0.25) is 0 Å². The van der Waals surface area contributed by atoms with Gasteiger partial charge in [0, 0.05) is 50.3 Å². The summed E-state index contributed by atoms with van der Waals surface area (Å²) in [4.78, 5) is 21.0. The molecule has 0 bridgehead atoms. The second-order valence-electron chi connectivity index (χ2n) is 10.1. The fraction of sp³-hybridized carbons (Fsp3) is 0.448. The van der Waals surface area contributed by atoms with Gasteiger partial charge >= 0.3 is 0 Å². The molecule has 0 radical (unpaired) electrons. The molecule has 2 aromatic heterocycles. The number of hydrogen-bond donors (Lipinski definition) is 1. The molecule has 2 aromatic carbocycles. The third-order valence-electron chi connectivity index (χ3n) is 7.40. The molecule has 200 valence electrons. The molecule has 1 unspecified atom stereocenters. The summed E-state index contributed by atoms with van der Waals surface area (Å²) >= 11 is 0. The van der Waals surface area contributed by atoms with Crippen LogP contribution in [-0.2, 0) is 24.2 Å². The molecule has 3 heterocycles. The van der Waals surface area contributed by atoms with Gasteiger partial charge in [-0.25, -0.2) is 4.68 Å². The number of ether oxygens (including phenoxy) is 1. The van der Waals surface area contributed by atoms with Gasteiger partial charge in [0.05, 0.1) is 19.3 Å². The molecule has 1 atom stereocenters. The number of tetrazole rings is 1. The summed E-state index contributed by atoms with van der Waals surface area (Å²) in [5.74, 6) is 0.846. The van der Waals surface area contributed by atoms with Crippen molar-refractivity contribution in [2.45, 2.75) is 45.8 Å². The van der Waals surface area contributed by atoms with Crippen molar-refractivity contribution in [3.05, 3.63) is 87.5 Å². The van der Waals surface area contributed by atoms with E-state index in [1.54, 1.807) is 0 Å². The van der Waals surface area contributed by atoms with Crippen LogP contribution in [0.1, 0.15) is 41.9 Å². The van der Waals surface area contributed by atoms with Crippen LogP contribution in [0.15, 0.2) is 59.4 Å². The van der Waals surface area contributed by atoms with E-state index >= 15 is 0 Å². The maximum atomic E-state index is 13.1. The van der Waals surface area contributed by atoms with Crippen LogP contribution in [0.2, 0.25) is 0 Å². The lowest BCUT2D eigenvalue weighted by molar-refractivity contribution is 0.0291. The summed E-state index contributed by atoms with van der Waals surface area (Å²) in [5.41, 5.74) is 4.00. The highest BCUT2D eigenvalue weighted by Crippen LogP contribution is 2.25. The van der Waals surface area contributed by atoms with Gasteiger partial charge in [0.15, 0.2) is 5.82 Å². The van der Waals surface area contributed by atoms with Crippen molar-refractivity contribution in [1.82, 2.24) is 35.0 Å². The number of aryl methyl sites for hydroxylation is 3. The number of nitrogens with zero attached hydrogens (tertiary/aromatic N) is 6. The van der Waals surface area contributed by atoms with Crippen LogP contribution < -0.4 is 5.56 Å². The summed E-state index contributed by atoms with van der Waals surface area (Å²) in [6, 6.07) is 18.5. The van der Waals surface area contributed by atoms with Crippen LogP contribution in [0.4, 0.5) is 0 Å². The number of H-pyrrole nitrogens is 1. The molecule has 0 saturated carbocycles. The van der Waals surface area contributed by atoms with Crippen molar-refractivity contribution in [3.63, 3.8) is 0 Å². The number of pyridine rings is 1. The van der Waals surface area contributed by atoms with Crippen molar-refractivity contribution >= 4 is 10.9 Å². The highest BCUT2D eigenvalue weighted by atomic mass is 16.5. The Balaban J connectivity index is 1.41. The molecule has 1 N–H and O–H groups in total. The summed E-state index contributed by atoms with van der Waals surface area (Å²) in [7, 11) is 0. The van der Waals surface area contributed by atoms with Gasteiger partial charge in [-0.15, -0.1) is 5.10 Å². The zero-order valence-corrected chi connectivity index (χ0v) is 22.3. The summed E-state index contributed by atoms with van der Waals surface area (Å²) in [5, 5.41) is 13.9. The standard InChI is InChI=1S/C29H37N7O2/c1-3-27(28-31-32-33-36(28)12-11-23-7-5-4-6-8-23)35(14-13-34-15-17-38-18-16-34)21-25-20-24-19-22(2)9-10-26(24)30-29(25)37/h4-10,19-20,27H,3,11-18,21H2,1-2H3,(H,30,37). The number of nitrogens with one attached hydrogen (secondary N) is 1. The molecular formula is C29H37N7O2. The Morgan fingerprint density at radius 3 is 2.68 bits per heavy atom. The minimum atomic E-state index is -0.0451. The molecule has 38 heavy (non-hydrogen) atoms. The minimum Gasteiger partial charge on any atom is -0.379 e. The average Bonchev–Trinajstić information content (AvgIpc) is 3.41. The molecule has 5 rings (SSSR count). The predicted molar refractivity (Wildman–Crippen MR) is 148 cm³/mol. The van der Waals surface area contributed by atoms with E-state index < -0.39 is 0 Å². The lowest BCUT2D eigenvalue weighted by atomic mass is 10.1. The summed E-state index contributed by atoms with van der Waals surface area (Å²) in [6.45, 7) is 10.5. The van der Waals surface area contributed by atoms with Gasteiger partial charge in [-0.1, -0.05) is 48.9 Å². The van der Waals surface area contributed by atoms with Gasteiger partial charge in [0.25, 0.3) is 5.56 Å². The Labute approximate surface area is 223 Å². The van der Waals surface area contributed by atoms with Gasteiger partial charge in [-0.05, 0) is 59.3 Å². The third-order valence-corrected chi connectivity index (χ3v) is 7.40. The van der Waals surface area contributed by atoms with E-state index in [4.69, 9.17) is 4.74 Å². The van der Waals surface area contributed by atoms with E-state index in [0.717, 1.165) is 74.5 Å². The van der Waals surface area contributed by atoms with Gasteiger partial charge in [-0.2, -0.15) is 0 Å². The quantitative estimate of drug-likeness (QED) is 0.328. The normalized spacial score (nSPS) is 15.3. The lowest BCUT2D eigenvalue weighted by Gasteiger charge is -2.33. The number of fused-ring (bicyclic) bond motifs is 1. The van der Waals surface area contributed by atoms with Crippen LogP contribution in [0, 0.1) is 6.92 Å². The average molecular weight is 516 g/mol. The Morgan fingerprint density at radius 1 is 1.08 bits per heavy atom. The van der Waals surface area contributed by atoms with Crippen molar-refractivity contribution < 1.29 is 4.74 Å². The highest BCUT2D eigenvalue weighted by molar-refractivity contribution is 5.79. The first kappa shape index (κ1) is 26.2. The maximum Gasteiger partial charge on any atom is 0.252 e. The van der Waals surface area contributed by atoms with Gasteiger partial charge in [0.1, 0.15) is 0 Å². The fourth-order valence-electron chi connectivity index (χ4n) is 5.24. The number of morpholine rings is 1. The molecule has 0 aliphatic carbocycles. The van der Waals surface area contributed by atoms with Crippen LogP contribution >= 0.6 is 0 Å². The molecule has 9 nitrogen and oxygen atoms in total. The van der Waals surface area contributed by atoms with Crippen LogP contribution in [0.5, 0.6) is 0 Å². The zero-order valence-electron chi connectivity index (χ0n) is 22.3. The molecule has 1 aliphatic rings. The van der Waals surface area contributed by atoms with E-state index in [0.29, 0.717) is 13.1 Å². The number of benzene rings is 2. The SMILES string of the molecule is CCC(c1nnnn1CCc1ccccc1)N(CCN1CCOCC1)Cc1cc2cc(C)ccc2[nH]c1=O. The van der Waals surface area contributed by atoms with Crippen molar-refractivity contribution in [3.8, 4) is 0 Å². The highest BCUT2D eigenvalue weighted by Gasteiger charge is 2.26. The molecule has 1 saturated heterocycles. The maximum absolute atomic E-state index is 13.1. The Bertz CT molecular complexity index is 1380. The first-order valence-corrected chi connectivity index (χ1v) is 13.6. The van der Waals surface area contributed by atoms with Crippen LogP contribution in [-0.4, -0.2) is 74.4 Å². The Kier molecular flexibility index (Phi) is 8.58. The Morgan fingerprint density at radius 2 is 1.89 bits per heavy atom. The topological polar surface area (TPSA) is 92.2 Å². The summed E-state index contributed by atoms with van der Waals surface area (Å²) < 4.78 is 7.47. The molecule has 0 amide bonds.